The summed E-state index contributed by atoms with van der Waals surface area (Å²) < 4.78 is 5.57. The van der Waals surface area contributed by atoms with Gasteiger partial charge >= 0.3 is 0 Å². The van der Waals surface area contributed by atoms with E-state index in [4.69, 9.17) is 4.74 Å². The molecule has 0 saturated carbocycles. The molecule has 0 aliphatic carbocycles. The van der Waals surface area contributed by atoms with Crippen molar-refractivity contribution in [1.82, 2.24) is 0 Å². The first kappa shape index (κ1) is 15.2. The summed E-state index contributed by atoms with van der Waals surface area (Å²) in [5.41, 5.74) is 2.29. The third-order valence-electron chi connectivity index (χ3n) is 3.22. The largest absolute Gasteiger partial charge is 0.508 e. The number of phenols is 1. The number of anilines is 1. The topological polar surface area (TPSA) is 41.5 Å². The SMILES string of the molecule is CCCOc1ccc(NC(C)Cc2ccc(O)cc2)cc1. The quantitative estimate of drug-likeness (QED) is 0.800. The van der Waals surface area contributed by atoms with Crippen molar-refractivity contribution in [2.24, 2.45) is 0 Å². The minimum atomic E-state index is 0.307. The summed E-state index contributed by atoms with van der Waals surface area (Å²) in [6.45, 7) is 5.00. The van der Waals surface area contributed by atoms with Crippen molar-refractivity contribution in [1.29, 1.82) is 0 Å². The van der Waals surface area contributed by atoms with Crippen molar-refractivity contribution < 1.29 is 9.84 Å². The van der Waals surface area contributed by atoms with Gasteiger partial charge in [0.05, 0.1) is 6.61 Å². The van der Waals surface area contributed by atoms with Crippen LogP contribution in [0.2, 0.25) is 0 Å². The lowest BCUT2D eigenvalue weighted by molar-refractivity contribution is 0.317. The minimum absolute atomic E-state index is 0.307. The van der Waals surface area contributed by atoms with E-state index < -0.39 is 0 Å². The van der Waals surface area contributed by atoms with Crippen molar-refractivity contribution in [3.05, 3.63) is 54.1 Å². The Bertz CT molecular complexity index is 534. The van der Waals surface area contributed by atoms with E-state index in [0.717, 1.165) is 30.9 Å². The van der Waals surface area contributed by atoms with Crippen LogP contribution in [0.3, 0.4) is 0 Å². The van der Waals surface area contributed by atoms with Crippen LogP contribution in [0.15, 0.2) is 48.5 Å². The summed E-state index contributed by atoms with van der Waals surface area (Å²) in [6.07, 6.45) is 1.93. The summed E-state index contributed by atoms with van der Waals surface area (Å²) in [4.78, 5) is 0. The van der Waals surface area contributed by atoms with Gasteiger partial charge in [0.25, 0.3) is 0 Å². The van der Waals surface area contributed by atoms with Crippen LogP contribution in [0.4, 0.5) is 5.69 Å². The number of hydrogen-bond acceptors (Lipinski definition) is 3. The molecule has 0 aliphatic heterocycles. The molecule has 112 valence electrons. The Labute approximate surface area is 126 Å². The lowest BCUT2D eigenvalue weighted by Gasteiger charge is -2.16. The number of rotatable bonds is 7. The van der Waals surface area contributed by atoms with Gasteiger partial charge in [-0.3, -0.25) is 0 Å². The van der Waals surface area contributed by atoms with Crippen LogP contribution >= 0.6 is 0 Å². The first-order chi connectivity index (χ1) is 10.2. The molecule has 0 aliphatic rings. The van der Waals surface area contributed by atoms with E-state index in [1.807, 2.05) is 36.4 Å². The summed E-state index contributed by atoms with van der Waals surface area (Å²) in [6, 6.07) is 15.7. The van der Waals surface area contributed by atoms with E-state index >= 15 is 0 Å². The Morgan fingerprint density at radius 1 is 1.05 bits per heavy atom. The first-order valence-electron chi connectivity index (χ1n) is 7.44. The van der Waals surface area contributed by atoms with E-state index in [9.17, 15) is 5.11 Å². The number of benzene rings is 2. The van der Waals surface area contributed by atoms with Crippen LogP contribution in [0.1, 0.15) is 25.8 Å². The maximum absolute atomic E-state index is 9.29. The molecule has 1 atom stereocenters. The average molecular weight is 285 g/mol. The molecule has 0 saturated heterocycles. The summed E-state index contributed by atoms with van der Waals surface area (Å²) in [5, 5.41) is 12.8. The number of phenolic OH excluding ortho intramolecular Hbond substituents is 1. The molecule has 0 aromatic heterocycles. The van der Waals surface area contributed by atoms with Gasteiger partial charge in [-0.1, -0.05) is 19.1 Å². The van der Waals surface area contributed by atoms with Crippen molar-refractivity contribution in [3.63, 3.8) is 0 Å². The normalized spacial score (nSPS) is 11.9. The van der Waals surface area contributed by atoms with Crippen LogP contribution in [0, 0.1) is 0 Å². The molecular weight excluding hydrogens is 262 g/mol. The lowest BCUT2D eigenvalue weighted by atomic mass is 10.1. The molecule has 3 nitrogen and oxygen atoms in total. The number of hydrogen-bond donors (Lipinski definition) is 2. The molecule has 0 radical (unpaired) electrons. The molecule has 0 spiro atoms. The van der Waals surface area contributed by atoms with Gasteiger partial charge in [0.2, 0.25) is 0 Å². The van der Waals surface area contributed by atoms with E-state index in [1.54, 1.807) is 12.1 Å². The molecule has 2 rings (SSSR count). The fraction of sp³-hybridized carbons (Fsp3) is 0.333. The van der Waals surface area contributed by atoms with E-state index in [-0.39, 0.29) is 0 Å². The molecule has 0 amide bonds. The smallest absolute Gasteiger partial charge is 0.119 e. The molecule has 21 heavy (non-hydrogen) atoms. The molecule has 1 unspecified atom stereocenters. The average Bonchev–Trinajstić information content (AvgIpc) is 2.49. The summed E-state index contributed by atoms with van der Waals surface area (Å²) in [5.74, 6) is 1.22. The van der Waals surface area contributed by atoms with Gasteiger partial charge in [-0.05, 0) is 61.7 Å². The predicted molar refractivity (Wildman–Crippen MR) is 87.1 cm³/mol. The third-order valence-corrected chi connectivity index (χ3v) is 3.22. The molecule has 0 fully saturated rings. The molecule has 3 heteroatoms. The van der Waals surface area contributed by atoms with Crippen LogP contribution in [-0.4, -0.2) is 17.8 Å². The second kappa shape index (κ2) is 7.58. The summed E-state index contributed by atoms with van der Waals surface area (Å²) >= 11 is 0. The Hall–Kier alpha value is -2.16. The van der Waals surface area contributed by atoms with Crippen molar-refractivity contribution in [3.8, 4) is 11.5 Å². The fourth-order valence-corrected chi connectivity index (χ4v) is 2.19. The highest BCUT2D eigenvalue weighted by Gasteiger charge is 2.04. The third kappa shape index (κ3) is 5.03. The lowest BCUT2D eigenvalue weighted by Crippen LogP contribution is -2.17. The van der Waals surface area contributed by atoms with Gasteiger partial charge in [-0.25, -0.2) is 0 Å². The molecule has 2 N–H and O–H groups in total. The highest BCUT2D eigenvalue weighted by Crippen LogP contribution is 2.18. The Kier molecular flexibility index (Phi) is 5.50. The Morgan fingerprint density at radius 3 is 2.33 bits per heavy atom. The van der Waals surface area contributed by atoms with Crippen LogP contribution in [0.25, 0.3) is 0 Å². The van der Waals surface area contributed by atoms with E-state index in [2.05, 4.69) is 19.2 Å². The van der Waals surface area contributed by atoms with Gasteiger partial charge in [0.15, 0.2) is 0 Å². The number of ether oxygens (including phenoxy) is 1. The zero-order valence-corrected chi connectivity index (χ0v) is 12.7. The van der Waals surface area contributed by atoms with E-state index in [1.165, 1.54) is 5.56 Å². The zero-order chi connectivity index (χ0) is 15.1. The van der Waals surface area contributed by atoms with E-state index in [0.29, 0.717) is 11.8 Å². The standard InChI is InChI=1S/C18H23NO2/c1-3-12-21-18-10-6-16(7-11-18)19-14(2)13-15-4-8-17(20)9-5-15/h4-11,14,19-20H,3,12-13H2,1-2H3. The van der Waals surface area contributed by atoms with Gasteiger partial charge < -0.3 is 15.2 Å². The molecular formula is C18H23NO2. The van der Waals surface area contributed by atoms with Crippen molar-refractivity contribution >= 4 is 5.69 Å². The monoisotopic (exact) mass is 285 g/mol. The van der Waals surface area contributed by atoms with Gasteiger partial charge in [0, 0.05) is 11.7 Å². The van der Waals surface area contributed by atoms with Crippen LogP contribution in [0.5, 0.6) is 11.5 Å². The Balaban J connectivity index is 1.87. The predicted octanol–water partition coefficient (Wildman–Crippen LogP) is 4.22. The second-order valence-electron chi connectivity index (χ2n) is 5.29. The zero-order valence-electron chi connectivity index (χ0n) is 12.7. The molecule has 0 bridgehead atoms. The molecule has 2 aromatic carbocycles. The maximum Gasteiger partial charge on any atom is 0.119 e. The first-order valence-corrected chi connectivity index (χ1v) is 7.44. The van der Waals surface area contributed by atoms with Gasteiger partial charge in [0.1, 0.15) is 11.5 Å². The number of aromatic hydroxyl groups is 1. The second-order valence-corrected chi connectivity index (χ2v) is 5.29. The van der Waals surface area contributed by atoms with Gasteiger partial charge in [-0.15, -0.1) is 0 Å². The molecule has 2 aromatic rings. The maximum atomic E-state index is 9.29. The van der Waals surface area contributed by atoms with Crippen LogP contribution < -0.4 is 10.1 Å². The highest BCUT2D eigenvalue weighted by molar-refractivity contribution is 5.47. The van der Waals surface area contributed by atoms with Gasteiger partial charge in [-0.2, -0.15) is 0 Å². The van der Waals surface area contributed by atoms with Crippen molar-refractivity contribution in [2.75, 3.05) is 11.9 Å². The van der Waals surface area contributed by atoms with Crippen LogP contribution in [-0.2, 0) is 6.42 Å². The summed E-state index contributed by atoms with van der Waals surface area (Å²) in [7, 11) is 0. The number of nitrogens with one attached hydrogen (secondary N) is 1. The van der Waals surface area contributed by atoms with Crippen molar-refractivity contribution in [2.45, 2.75) is 32.7 Å². The fourth-order valence-electron chi connectivity index (χ4n) is 2.19. The highest BCUT2D eigenvalue weighted by atomic mass is 16.5. The Morgan fingerprint density at radius 2 is 1.71 bits per heavy atom. The molecule has 0 heterocycles. The minimum Gasteiger partial charge on any atom is -0.508 e.